The molecule has 0 spiro atoms. The molecule has 1 amide bonds. The monoisotopic (exact) mass is 405 g/mol. The fraction of sp³-hybridized carbons (Fsp3) is 0.261. The van der Waals surface area contributed by atoms with Crippen molar-refractivity contribution in [3.63, 3.8) is 0 Å². The van der Waals surface area contributed by atoms with E-state index >= 15 is 0 Å². The highest BCUT2D eigenvalue weighted by molar-refractivity contribution is 5.90. The third-order valence-corrected chi connectivity index (χ3v) is 4.94. The van der Waals surface area contributed by atoms with Gasteiger partial charge in [0.15, 0.2) is 12.3 Å². The Morgan fingerprint density at radius 1 is 1.10 bits per heavy atom. The second kappa shape index (κ2) is 8.82. The molecule has 1 heterocycles. The molecule has 0 saturated heterocycles. The number of rotatable bonds is 8. The van der Waals surface area contributed by atoms with Crippen molar-refractivity contribution < 1.29 is 19.1 Å². The number of benzene rings is 2. The first kappa shape index (κ1) is 19.7. The quantitative estimate of drug-likeness (QED) is 0.582. The van der Waals surface area contributed by atoms with Crippen molar-refractivity contribution in [2.75, 3.05) is 13.7 Å². The lowest BCUT2D eigenvalue weighted by atomic mass is 10.2. The van der Waals surface area contributed by atoms with E-state index in [1.807, 2.05) is 54.6 Å². The van der Waals surface area contributed by atoms with Gasteiger partial charge in [-0.2, -0.15) is 5.10 Å². The normalized spacial score (nSPS) is 13.0. The standard InChI is InChI=1S/C23H23N3O4/c1-29-21-10-6-5-7-17(21)14-24-22(27)15-30-23(28)20-13-19(16-11-12-16)25-26(20)18-8-3-2-4-9-18/h2-10,13,16H,11-12,14-15H2,1H3,(H,24,27). The summed E-state index contributed by atoms with van der Waals surface area (Å²) in [5, 5.41) is 7.33. The van der Waals surface area contributed by atoms with Gasteiger partial charge in [-0.3, -0.25) is 4.79 Å². The zero-order valence-corrected chi connectivity index (χ0v) is 16.7. The van der Waals surface area contributed by atoms with Crippen LogP contribution in [0.25, 0.3) is 5.69 Å². The number of esters is 1. The number of ether oxygens (including phenoxy) is 2. The van der Waals surface area contributed by atoms with Gasteiger partial charge in [0.1, 0.15) is 5.75 Å². The molecular weight excluding hydrogens is 382 g/mol. The van der Waals surface area contributed by atoms with E-state index in [1.165, 1.54) is 0 Å². The molecule has 30 heavy (non-hydrogen) atoms. The molecule has 3 aromatic rings. The summed E-state index contributed by atoms with van der Waals surface area (Å²) in [6.45, 7) is -0.0825. The van der Waals surface area contributed by atoms with E-state index in [-0.39, 0.29) is 19.1 Å². The molecule has 7 heteroatoms. The van der Waals surface area contributed by atoms with E-state index in [4.69, 9.17) is 9.47 Å². The summed E-state index contributed by atoms with van der Waals surface area (Å²) in [4.78, 5) is 24.9. The first-order valence-corrected chi connectivity index (χ1v) is 9.87. The lowest BCUT2D eigenvalue weighted by Gasteiger charge is -2.10. The van der Waals surface area contributed by atoms with E-state index in [9.17, 15) is 9.59 Å². The molecule has 1 aliphatic rings. The van der Waals surface area contributed by atoms with Crippen molar-refractivity contribution in [1.82, 2.24) is 15.1 Å². The van der Waals surface area contributed by atoms with Crippen molar-refractivity contribution in [2.24, 2.45) is 0 Å². The van der Waals surface area contributed by atoms with Gasteiger partial charge in [-0.15, -0.1) is 0 Å². The zero-order chi connectivity index (χ0) is 20.9. The number of nitrogens with one attached hydrogen (secondary N) is 1. The third-order valence-electron chi connectivity index (χ3n) is 4.94. The second-order valence-corrected chi connectivity index (χ2v) is 7.14. The Labute approximate surface area is 174 Å². The molecule has 1 aliphatic carbocycles. The Hall–Kier alpha value is -3.61. The van der Waals surface area contributed by atoms with Gasteiger partial charge in [0, 0.05) is 18.0 Å². The fourth-order valence-corrected chi connectivity index (χ4v) is 3.19. The lowest BCUT2D eigenvalue weighted by Crippen LogP contribution is -2.29. The summed E-state index contributed by atoms with van der Waals surface area (Å²) in [7, 11) is 1.58. The largest absolute Gasteiger partial charge is 0.496 e. The van der Waals surface area contributed by atoms with Crippen molar-refractivity contribution >= 4 is 11.9 Å². The Bertz CT molecular complexity index is 1040. The molecule has 1 saturated carbocycles. The van der Waals surface area contributed by atoms with Crippen LogP contribution in [0.15, 0.2) is 60.7 Å². The number of hydrogen-bond donors (Lipinski definition) is 1. The van der Waals surface area contributed by atoms with E-state index < -0.39 is 5.97 Å². The molecule has 7 nitrogen and oxygen atoms in total. The highest BCUT2D eigenvalue weighted by Crippen LogP contribution is 2.39. The summed E-state index contributed by atoms with van der Waals surface area (Å²) in [6, 6.07) is 18.6. The van der Waals surface area contributed by atoms with Crippen LogP contribution in [0.3, 0.4) is 0 Å². The number of carbonyl (C=O) groups excluding carboxylic acids is 2. The average Bonchev–Trinajstić information content (AvgIpc) is 3.55. The van der Waals surface area contributed by atoms with E-state index in [0.717, 1.165) is 29.8 Å². The molecule has 0 unspecified atom stereocenters. The van der Waals surface area contributed by atoms with Crippen LogP contribution in [0, 0.1) is 0 Å². The van der Waals surface area contributed by atoms with Gasteiger partial charge in [0.2, 0.25) is 0 Å². The minimum absolute atomic E-state index is 0.286. The molecular formula is C23H23N3O4. The van der Waals surface area contributed by atoms with Gasteiger partial charge in [0.25, 0.3) is 5.91 Å². The minimum Gasteiger partial charge on any atom is -0.496 e. The zero-order valence-electron chi connectivity index (χ0n) is 16.7. The number of amides is 1. The van der Waals surface area contributed by atoms with Crippen molar-refractivity contribution in [3.05, 3.63) is 77.6 Å². The first-order chi connectivity index (χ1) is 14.7. The Morgan fingerprint density at radius 2 is 1.83 bits per heavy atom. The van der Waals surface area contributed by atoms with Crippen LogP contribution in [0.2, 0.25) is 0 Å². The molecule has 0 bridgehead atoms. The van der Waals surface area contributed by atoms with E-state index in [2.05, 4.69) is 10.4 Å². The Balaban J connectivity index is 1.40. The summed E-state index contributed by atoms with van der Waals surface area (Å²) >= 11 is 0. The molecule has 1 aromatic heterocycles. The van der Waals surface area contributed by atoms with Gasteiger partial charge >= 0.3 is 5.97 Å². The number of para-hydroxylation sites is 2. The molecule has 0 atom stereocenters. The van der Waals surface area contributed by atoms with Crippen molar-refractivity contribution in [3.8, 4) is 11.4 Å². The van der Waals surface area contributed by atoms with Crippen LogP contribution in [-0.2, 0) is 16.1 Å². The van der Waals surface area contributed by atoms with Crippen LogP contribution in [0.5, 0.6) is 5.75 Å². The van der Waals surface area contributed by atoms with Crippen LogP contribution in [0.4, 0.5) is 0 Å². The van der Waals surface area contributed by atoms with Gasteiger partial charge in [0.05, 0.1) is 18.5 Å². The summed E-state index contributed by atoms with van der Waals surface area (Å²) in [5.74, 6) is 0.118. The van der Waals surface area contributed by atoms with Crippen LogP contribution in [0.1, 0.15) is 40.5 Å². The van der Waals surface area contributed by atoms with Crippen molar-refractivity contribution in [2.45, 2.75) is 25.3 Å². The summed E-state index contributed by atoms with van der Waals surface area (Å²) in [5.41, 5.74) is 2.82. The van der Waals surface area contributed by atoms with E-state index in [0.29, 0.717) is 17.4 Å². The average molecular weight is 405 g/mol. The fourth-order valence-electron chi connectivity index (χ4n) is 3.19. The molecule has 1 N–H and O–H groups in total. The van der Waals surface area contributed by atoms with E-state index in [1.54, 1.807) is 17.9 Å². The lowest BCUT2D eigenvalue weighted by molar-refractivity contribution is -0.124. The summed E-state index contributed by atoms with van der Waals surface area (Å²) < 4.78 is 12.1. The smallest absolute Gasteiger partial charge is 0.357 e. The number of hydrogen-bond acceptors (Lipinski definition) is 5. The maximum absolute atomic E-state index is 12.7. The number of aromatic nitrogens is 2. The molecule has 1 fully saturated rings. The van der Waals surface area contributed by atoms with Crippen LogP contribution < -0.4 is 10.1 Å². The van der Waals surface area contributed by atoms with Gasteiger partial charge < -0.3 is 14.8 Å². The first-order valence-electron chi connectivity index (χ1n) is 9.87. The molecule has 2 aromatic carbocycles. The molecule has 0 radical (unpaired) electrons. The highest BCUT2D eigenvalue weighted by atomic mass is 16.5. The van der Waals surface area contributed by atoms with Gasteiger partial charge in [-0.05, 0) is 37.1 Å². The van der Waals surface area contributed by atoms with Gasteiger partial charge in [-0.1, -0.05) is 36.4 Å². The van der Waals surface area contributed by atoms with Crippen LogP contribution in [-0.4, -0.2) is 35.4 Å². The second-order valence-electron chi connectivity index (χ2n) is 7.14. The number of nitrogens with zero attached hydrogens (tertiary/aromatic N) is 2. The minimum atomic E-state index is -0.578. The number of carbonyl (C=O) groups is 2. The third kappa shape index (κ3) is 4.51. The Morgan fingerprint density at radius 3 is 2.57 bits per heavy atom. The number of methoxy groups -OCH3 is 1. The molecule has 154 valence electrons. The summed E-state index contributed by atoms with van der Waals surface area (Å²) in [6.07, 6.45) is 2.15. The molecule has 4 rings (SSSR count). The molecule has 0 aliphatic heterocycles. The predicted octanol–water partition coefficient (Wildman–Crippen LogP) is 3.23. The maximum atomic E-state index is 12.7. The van der Waals surface area contributed by atoms with Crippen LogP contribution >= 0.6 is 0 Å². The Kier molecular flexibility index (Phi) is 5.79. The predicted molar refractivity (Wildman–Crippen MR) is 111 cm³/mol. The van der Waals surface area contributed by atoms with Crippen molar-refractivity contribution in [1.29, 1.82) is 0 Å². The highest BCUT2D eigenvalue weighted by Gasteiger charge is 2.29. The van der Waals surface area contributed by atoms with Gasteiger partial charge in [-0.25, -0.2) is 9.48 Å². The maximum Gasteiger partial charge on any atom is 0.357 e. The topological polar surface area (TPSA) is 82.4 Å². The SMILES string of the molecule is COc1ccccc1CNC(=O)COC(=O)c1cc(C2CC2)nn1-c1ccccc1.